The van der Waals surface area contributed by atoms with Crippen LogP contribution in [0.25, 0.3) is 0 Å². The first-order valence-corrected chi connectivity index (χ1v) is 4.86. The monoisotopic (exact) mass is 207 g/mol. The normalized spacial score (nSPS) is 15.7. The van der Waals surface area contributed by atoms with Crippen molar-refractivity contribution >= 4 is 0 Å². The maximum Gasteiger partial charge on any atom is 0.265 e. The van der Waals surface area contributed by atoms with Gasteiger partial charge in [-0.25, -0.2) is 8.78 Å². The SMILES string of the molecule is FC(F)c1ccccc1C#CC1CNC1. The smallest absolute Gasteiger partial charge is 0.265 e. The van der Waals surface area contributed by atoms with Crippen molar-refractivity contribution in [3.8, 4) is 11.8 Å². The number of rotatable bonds is 1. The predicted molar refractivity (Wildman–Crippen MR) is 54.6 cm³/mol. The molecular weight excluding hydrogens is 196 g/mol. The molecule has 1 aliphatic heterocycles. The first kappa shape index (κ1) is 10.1. The minimum absolute atomic E-state index is 0.0253. The zero-order valence-electron chi connectivity index (χ0n) is 8.13. The van der Waals surface area contributed by atoms with Crippen molar-refractivity contribution in [3.05, 3.63) is 35.4 Å². The molecule has 0 amide bonds. The van der Waals surface area contributed by atoms with Crippen molar-refractivity contribution in [2.75, 3.05) is 13.1 Å². The van der Waals surface area contributed by atoms with E-state index in [1.165, 1.54) is 6.07 Å². The van der Waals surface area contributed by atoms with Gasteiger partial charge in [0, 0.05) is 30.1 Å². The average Bonchev–Trinajstić information content (AvgIpc) is 2.16. The summed E-state index contributed by atoms with van der Waals surface area (Å²) in [5.74, 6) is 6.13. The highest BCUT2D eigenvalue weighted by Gasteiger charge is 2.14. The summed E-state index contributed by atoms with van der Waals surface area (Å²) >= 11 is 0. The van der Waals surface area contributed by atoms with E-state index in [0.29, 0.717) is 11.5 Å². The molecule has 1 aromatic rings. The number of halogens is 2. The third-order valence-electron chi connectivity index (χ3n) is 2.39. The molecule has 1 aromatic carbocycles. The zero-order valence-corrected chi connectivity index (χ0v) is 8.13. The van der Waals surface area contributed by atoms with E-state index in [1.54, 1.807) is 18.2 Å². The van der Waals surface area contributed by atoms with E-state index in [2.05, 4.69) is 17.2 Å². The second kappa shape index (κ2) is 4.41. The molecule has 3 heteroatoms. The second-order valence-electron chi connectivity index (χ2n) is 3.51. The van der Waals surface area contributed by atoms with Gasteiger partial charge in [0.25, 0.3) is 6.43 Å². The maximum absolute atomic E-state index is 12.6. The Balaban J connectivity index is 2.21. The Labute approximate surface area is 87.5 Å². The van der Waals surface area contributed by atoms with Gasteiger partial charge in [-0.15, -0.1) is 0 Å². The van der Waals surface area contributed by atoms with Crippen LogP contribution in [0, 0.1) is 17.8 Å². The average molecular weight is 207 g/mol. The fraction of sp³-hybridized carbons (Fsp3) is 0.333. The summed E-state index contributed by atoms with van der Waals surface area (Å²) in [6.45, 7) is 1.73. The summed E-state index contributed by atoms with van der Waals surface area (Å²) in [6.07, 6.45) is -2.45. The third kappa shape index (κ3) is 2.34. The van der Waals surface area contributed by atoms with Crippen LogP contribution in [0.15, 0.2) is 24.3 Å². The summed E-state index contributed by atoms with van der Waals surface area (Å²) < 4.78 is 25.1. The Morgan fingerprint density at radius 1 is 1.27 bits per heavy atom. The van der Waals surface area contributed by atoms with Gasteiger partial charge in [0.15, 0.2) is 0 Å². The lowest BCUT2D eigenvalue weighted by molar-refractivity contribution is 0.151. The summed E-state index contributed by atoms with van der Waals surface area (Å²) in [7, 11) is 0. The molecule has 0 unspecified atom stereocenters. The molecule has 1 aliphatic rings. The van der Waals surface area contributed by atoms with Crippen molar-refractivity contribution < 1.29 is 8.78 Å². The minimum atomic E-state index is -2.45. The summed E-state index contributed by atoms with van der Waals surface area (Å²) in [5.41, 5.74) is 0.469. The van der Waals surface area contributed by atoms with Crippen LogP contribution in [0.3, 0.4) is 0 Å². The fourth-order valence-electron chi connectivity index (χ4n) is 1.37. The Morgan fingerprint density at radius 2 is 2.00 bits per heavy atom. The van der Waals surface area contributed by atoms with Crippen molar-refractivity contribution in [1.82, 2.24) is 5.32 Å². The molecule has 0 bridgehead atoms. The number of alkyl halides is 2. The number of benzene rings is 1. The Morgan fingerprint density at radius 3 is 2.60 bits per heavy atom. The van der Waals surface area contributed by atoms with Crippen LogP contribution in [0.2, 0.25) is 0 Å². The summed E-state index contributed by atoms with van der Waals surface area (Å²) in [6, 6.07) is 6.40. The van der Waals surface area contributed by atoms with E-state index in [-0.39, 0.29) is 5.56 Å². The van der Waals surface area contributed by atoms with Gasteiger partial charge in [-0.2, -0.15) is 0 Å². The molecule has 1 N–H and O–H groups in total. The largest absolute Gasteiger partial charge is 0.314 e. The molecule has 0 spiro atoms. The predicted octanol–water partition coefficient (Wildman–Crippen LogP) is 2.20. The molecular formula is C12H11F2N. The van der Waals surface area contributed by atoms with Gasteiger partial charge >= 0.3 is 0 Å². The molecule has 1 fully saturated rings. The quantitative estimate of drug-likeness (QED) is 0.696. The molecule has 1 nitrogen and oxygen atoms in total. The Bertz CT molecular complexity index is 400. The molecule has 1 saturated heterocycles. The van der Waals surface area contributed by atoms with Gasteiger partial charge in [0.2, 0.25) is 0 Å². The number of hydrogen-bond acceptors (Lipinski definition) is 1. The van der Waals surface area contributed by atoms with Gasteiger partial charge in [-0.05, 0) is 6.07 Å². The van der Waals surface area contributed by atoms with E-state index in [0.717, 1.165) is 13.1 Å². The molecule has 0 atom stereocenters. The highest BCUT2D eigenvalue weighted by Crippen LogP contribution is 2.21. The van der Waals surface area contributed by atoms with Crippen molar-refractivity contribution in [1.29, 1.82) is 0 Å². The lowest BCUT2D eigenvalue weighted by Gasteiger charge is -2.21. The van der Waals surface area contributed by atoms with Crippen LogP contribution in [-0.2, 0) is 0 Å². The summed E-state index contributed by atoms with van der Waals surface area (Å²) in [4.78, 5) is 0. The number of hydrogen-bond donors (Lipinski definition) is 1. The van der Waals surface area contributed by atoms with Crippen molar-refractivity contribution in [2.24, 2.45) is 5.92 Å². The summed E-state index contributed by atoms with van der Waals surface area (Å²) in [5, 5.41) is 3.08. The fourth-order valence-corrected chi connectivity index (χ4v) is 1.37. The van der Waals surface area contributed by atoms with Crippen LogP contribution in [0.5, 0.6) is 0 Å². The van der Waals surface area contributed by atoms with Gasteiger partial charge in [-0.3, -0.25) is 0 Å². The lowest BCUT2D eigenvalue weighted by Crippen LogP contribution is -2.40. The molecule has 78 valence electrons. The second-order valence-corrected chi connectivity index (χ2v) is 3.51. The maximum atomic E-state index is 12.6. The van der Waals surface area contributed by atoms with Gasteiger partial charge in [0.1, 0.15) is 0 Å². The van der Waals surface area contributed by atoms with Gasteiger partial charge < -0.3 is 5.32 Å². The topological polar surface area (TPSA) is 12.0 Å². The van der Waals surface area contributed by atoms with Gasteiger partial charge in [0.05, 0.1) is 0 Å². The Hall–Kier alpha value is -1.40. The van der Waals surface area contributed by atoms with E-state index >= 15 is 0 Å². The van der Waals surface area contributed by atoms with Crippen LogP contribution in [0.1, 0.15) is 17.6 Å². The molecule has 1 heterocycles. The third-order valence-corrected chi connectivity index (χ3v) is 2.39. The van der Waals surface area contributed by atoms with Crippen LogP contribution < -0.4 is 5.32 Å². The van der Waals surface area contributed by atoms with Crippen molar-refractivity contribution in [3.63, 3.8) is 0 Å². The molecule has 15 heavy (non-hydrogen) atoms. The highest BCUT2D eigenvalue weighted by molar-refractivity contribution is 5.42. The van der Waals surface area contributed by atoms with Crippen molar-refractivity contribution in [2.45, 2.75) is 6.43 Å². The first-order valence-electron chi connectivity index (χ1n) is 4.86. The van der Waals surface area contributed by atoms with Crippen LogP contribution in [-0.4, -0.2) is 13.1 Å². The molecule has 0 saturated carbocycles. The lowest BCUT2D eigenvalue weighted by atomic mass is 10.0. The molecule has 0 aromatic heterocycles. The molecule has 0 aliphatic carbocycles. The highest BCUT2D eigenvalue weighted by atomic mass is 19.3. The van der Waals surface area contributed by atoms with E-state index < -0.39 is 6.43 Å². The minimum Gasteiger partial charge on any atom is -0.314 e. The van der Waals surface area contributed by atoms with Gasteiger partial charge in [-0.1, -0.05) is 30.0 Å². The van der Waals surface area contributed by atoms with Crippen LogP contribution in [0.4, 0.5) is 8.78 Å². The van der Waals surface area contributed by atoms with E-state index in [9.17, 15) is 8.78 Å². The zero-order chi connectivity index (χ0) is 10.7. The van der Waals surface area contributed by atoms with Crippen LogP contribution >= 0.6 is 0 Å². The van der Waals surface area contributed by atoms with E-state index in [4.69, 9.17) is 0 Å². The standard InChI is InChI=1S/C12H11F2N/c13-12(14)11-4-2-1-3-10(11)6-5-9-7-15-8-9/h1-4,9,12,15H,7-8H2. The molecule has 2 rings (SSSR count). The van der Waals surface area contributed by atoms with E-state index in [1.807, 2.05) is 0 Å². The first-order chi connectivity index (χ1) is 7.27. The Kier molecular flexibility index (Phi) is 2.98. The number of nitrogens with one attached hydrogen (secondary N) is 1. The molecule has 0 radical (unpaired) electrons.